The SMILES string of the molecule is N=C(N)c1cccc(C[C@H](N)C(=O)NS(=O)(=O)Cc2ccc(-c3ccccc3C(N)=O)cc2)c1.O=C(O)C(F)(F)F. The highest BCUT2D eigenvalue weighted by Gasteiger charge is 2.38. The lowest BCUT2D eigenvalue weighted by Crippen LogP contribution is -2.44. The van der Waals surface area contributed by atoms with Crippen molar-refractivity contribution in [3.8, 4) is 11.1 Å². The normalized spacial score (nSPS) is 11.9. The zero-order valence-corrected chi connectivity index (χ0v) is 22.0. The molecule has 0 aliphatic carbocycles. The van der Waals surface area contributed by atoms with Crippen LogP contribution in [0.3, 0.4) is 0 Å². The number of nitrogen functional groups attached to an aromatic ring is 1. The van der Waals surface area contributed by atoms with Gasteiger partial charge in [-0.2, -0.15) is 13.2 Å². The van der Waals surface area contributed by atoms with Crippen molar-refractivity contribution in [1.82, 2.24) is 4.72 Å². The van der Waals surface area contributed by atoms with Crippen molar-refractivity contribution in [3.63, 3.8) is 0 Å². The minimum Gasteiger partial charge on any atom is -0.475 e. The molecule has 0 radical (unpaired) electrons. The van der Waals surface area contributed by atoms with Gasteiger partial charge in [0.05, 0.1) is 11.8 Å². The van der Waals surface area contributed by atoms with Gasteiger partial charge in [0.2, 0.25) is 15.9 Å². The Bertz CT molecular complexity index is 1540. The summed E-state index contributed by atoms with van der Waals surface area (Å²) in [6.45, 7) is 0. The molecule has 15 heteroatoms. The predicted molar refractivity (Wildman–Crippen MR) is 144 cm³/mol. The Kier molecular flexibility index (Phi) is 10.7. The molecular weight excluding hydrogens is 567 g/mol. The topological polar surface area (TPSA) is 220 Å². The van der Waals surface area contributed by atoms with Gasteiger partial charge in [0.15, 0.2) is 0 Å². The maximum absolute atomic E-state index is 12.5. The van der Waals surface area contributed by atoms with Crippen LogP contribution in [0, 0.1) is 5.41 Å². The first-order chi connectivity index (χ1) is 19.0. The van der Waals surface area contributed by atoms with Crippen LogP contribution in [0.2, 0.25) is 0 Å². The van der Waals surface area contributed by atoms with Crippen LogP contribution in [0.15, 0.2) is 72.8 Å². The van der Waals surface area contributed by atoms with E-state index in [2.05, 4.69) is 0 Å². The van der Waals surface area contributed by atoms with Crippen LogP contribution in [0.1, 0.15) is 27.0 Å². The van der Waals surface area contributed by atoms with Crippen LogP contribution in [0.4, 0.5) is 13.2 Å². The molecule has 0 aromatic heterocycles. The average molecular weight is 594 g/mol. The first-order valence-electron chi connectivity index (χ1n) is 11.5. The molecule has 3 rings (SSSR count). The monoisotopic (exact) mass is 593 g/mol. The minimum absolute atomic E-state index is 0.0798. The Morgan fingerprint density at radius 1 is 0.927 bits per heavy atom. The van der Waals surface area contributed by atoms with E-state index >= 15 is 0 Å². The number of halogens is 3. The van der Waals surface area contributed by atoms with Crippen LogP contribution in [-0.4, -0.2) is 49.4 Å². The lowest BCUT2D eigenvalue weighted by Gasteiger charge is -2.14. The molecule has 9 N–H and O–H groups in total. The van der Waals surface area contributed by atoms with Gasteiger partial charge >= 0.3 is 12.1 Å². The van der Waals surface area contributed by atoms with E-state index in [4.69, 9.17) is 32.5 Å². The van der Waals surface area contributed by atoms with E-state index in [1.165, 1.54) is 0 Å². The summed E-state index contributed by atoms with van der Waals surface area (Å²) in [5, 5.41) is 14.6. The van der Waals surface area contributed by atoms with E-state index in [-0.39, 0.29) is 12.3 Å². The van der Waals surface area contributed by atoms with Crippen molar-refractivity contribution >= 4 is 33.6 Å². The lowest BCUT2D eigenvalue weighted by molar-refractivity contribution is -0.192. The Morgan fingerprint density at radius 2 is 1.51 bits per heavy atom. The fraction of sp³-hybridized carbons (Fsp3) is 0.154. The number of amidine groups is 1. The molecule has 0 aliphatic heterocycles. The van der Waals surface area contributed by atoms with Gasteiger partial charge < -0.3 is 22.3 Å². The molecule has 0 aliphatic rings. The van der Waals surface area contributed by atoms with Gasteiger partial charge in [-0.05, 0) is 40.8 Å². The van der Waals surface area contributed by atoms with Gasteiger partial charge in [0, 0.05) is 11.1 Å². The number of benzene rings is 3. The molecule has 41 heavy (non-hydrogen) atoms. The van der Waals surface area contributed by atoms with E-state index in [1.807, 2.05) is 4.72 Å². The van der Waals surface area contributed by atoms with Crippen molar-refractivity contribution in [2.45, 2.75) is 24.4 Å². The third-order valence-electron chi connectivity index (χ3n) is 5.34. The second-order valence-corrected chi connectivity index (χ2v) is 10.3. The molecular formula is C26H26F3N5O6S. The van der Waals surface area contributed by atoms with Crippen LogP contribution >= 0.6 is 0 Å². The van der Waals surface area contributed by atoms with Gasteiger partial charge in [0.25, 0.3) is 5.91 Å². The first-order valence-corrected chi connectivity index (χ1v) is 13.2. The molecule has 0 saturated carbocycles. The summed E-state index contributed by atoms with van der Waals surface area (Å²) >= 11 is 0. The van der Waals surface area contributed by atoms with E-state index in [0.29, 0.717) is 33.4 Å². The quantitative estimate of drug-likeness (QED) is 0.158. The van der Waals surface area contributed by atoms with E-state index in [9.17, 15) is 31.2 Å². The summed E-state index contributed by atoms with van der Waals surface area (Å²) in [6.07, 6.45) is -5.00. The predicted octanol–water partition coefficient (Wildman–Crippen LogP) is 1.89. The number of carbonyl (C=O) groups excluding carboxylic acids is 2. The van der Waals surface area contributed by atoms with E-state index in [0.717, 1.165) is 0 Å². The van der Waals surface area contributed by atoms with Gasteiger partial charge in [-0.25, -0.2) is 13.2 Å². The van der Waals surface area contributed by atoms with Gasteiger partial charge in [-0.15, -0.1) is 0 Å². The molecule has 218 valence electrons. The second-order valence-electron chi connectivity index (χ2n) is 8.56. The zero-order chi connectivity index (χ0) is 31.0. The van der Waals surface area contributed by atoms with Crippen molar-refractivity contribution in [2.75, 3.05) is 0 Å². The Morgan fingerprint density at radius 3 is 2.05 bits per heavy atom. The van der Waals surface area contributed by atoms with Crippen molar-refractivity contribution in [1.29, 1.82) is 5.41 Å². The molecule has 3 aromatic rings. The highest BCUT2D eigenvalue weighted by atomic mass is 32.2. The van der Waals surface area contributed by atoms with Crippen molar-refractivity contribution in [3.05, 3.63) is 95.1 Å². The number of aliphatic carboxylic acids is 1. The third-order valence-corrected chi connectivity index (χ3v) is 6.57. The molecule has 0 fully saturated rings. The number of carboxylic acids is 1. The number of alkyl halides is 3. The number of primary amides is 1. The Balaban J connectivity index is 0.000000745. The third kappa shape index (κ3) is 10.1. The summed E-state index contributed by atoms with van der Waals surface area (Å²) in [4.78, 5) is 32.9. The number of amides is 2. The van der Waals surface area contributed by atoms with Crippen molar-refractivity contribution < 1.29 is 41.1 Å². The summed E-state index contributed by atoms with van der Waals surface area (Å²) in [7, 11) is -4.00. The maximum Gasteiger partial charge on any atom is 0.490 e. The van der Waals surface area contributed by atoms with Gasteiger partial charge in [-0.3, -0.25) is 19.7 Å². The molecule has 1 atom stereocenters. The molecule has 3 aromatic carbocycles. The van der Waals surface area contributed by atoms with Crippen LogP contribution in [0.25, 0.3) is 11.1 Å². The fourth-order valence-electron chi connectivity index (χ4n) is 3.43. The van der Waals surface area contributed by atoms with Crippen LogP contribution < -0.4 is 21.9 Å². The van der Waals surface area contributed by atoms with Crippen molar-refractivity contribution in [2.24, 2.45) is 17.2 Å². The standard InChI is InChI=1S/C24H25N5O4S.C2HF3O2/c25-21(13-16-4-3-5-18(12-16)22(26)27)24(31)29-34(32,33)14-15-8-10-17(11-9-15)19-6-1-2-7-20(19)23(28)30;3-2(4,5)1(6)7/h1-12,21H,13-14,25H2,(H3,26,27)(H2,28,30)(H,29,31);(H,6,7)/t21-;/m0./s1. The summed E-state index contributed by atoms with van der Waals surface area (Å²) < 4.78 is 58.8. The smallest absolute Gasteiger partial charge is 0.475 e. The second kappa shape index (κ2) is 13.5. The van der Waals surface area contributed by atoms with Crippen LogP contribution in [-0.2, 0) is 31.8 Å². The number of sulfonamides is 1. The molecule has 11 nitrogen and oxygen atoms in total. The molecule has 0 spiro atoms. The highest BCUT2D eigenvalue weighted by molar-refractivity contribution is 7.89. The number of nitrogens with two attached hydrogens (primary N) is 3. The average Bonchev–Trinajstić information content (AvgIpc) is 2.88. The summed E-state index contributed by atoms with van der Waals surface area (Å²) in [5.41, 5.74) is 20.1. The Labute approximate surface area is 232 Å². The number of hydrogen-bond acceptors (Lipinski definition) is 7. The highest BCUT2D eigenvalue weighted by Crippen LogP contribution is 2.24. The van der Waals surface area contributed by atoms with Gasteiger partial charge in [0.1, 0.15) is 5.84 Å². The number of nitrogens with one attached hydrogen (secondary N) is 2. The molecule has 0 heterocycles. The fourth-order valence-corrected chi connectivity index (χ4v) is 4.59. The van der Waals surface area contributed by atoms with E-state index < -0.39 is 45.8 Å². The maximum atomic E-state index is 12.5. The number of hydrogen-bond donors (Lipinski definition) is 6. The minimum atomic E-state index is -5.08. The largest absolute Gasteiger partial charge is 0.490 e. The molecule has 0 bridgehead atoms. The zero-order valence-electron chi connectivity index (χ0n) is 21.2. The van der Waals surface area contributed by atoms with E-state index in [1.54, 1.807) is 72.8 Å². The summed E-state index contributed by atoms with van der Waals surface area (Å²) in [5.74, 6) is -4.70. The van der Waals surface area contributed by atoms with Crippen LogP contribution in [0.5, 0.6) is 0 Å². The number of carboxylic acid groups (broad SMARTS) is 1. The van der Waals surface area contributed by atoms with Gasteiger partial charge in [-0.1, -0.05) is 60.7 Å². The number of rotatable bonds is 9. The lowest BCUT2D eigenvalue weighted by atomic mass is 9.98. The Hall–Kier alpha value is -4.76. The number of carbonyl (C=O) groups is 3. The first kappa shape index (κ1) is 32.5. The summed E-state index contributed by atoms with van der Waals surface area (Å²) in [6, 6.07) is 19.0. The molecule has 2 amide bonds. The molecule has 0 unspecified atom stereocenters. The molecule has 0 saturated heterocycles.